The van der Waals surface area contributed by atoms with Crippen LogP contribution in [0.4, 0.5) is 5.82 Å². The number of hydrogen-bond acceptors (Lipinski definition) is 7. The molecule has 1 atom stereocenters. The lowest BCUT2D eigenvalue weighted by Crippen LogP contribution is -2.48. The average Bonchev–Trinajstić information content (AvgIpc) is 2.70. The highest BCUT2D eigenvalue weighted by Gasteiger charge is 2.33. The predicted octanol–water partition coefficient (Wildman–Crippen LogP) is 1.62. The van der Waals surface area contributed by atoms with Gasteiger partial charge < -0.3 is 19.5 Å². The van der Waals surface area contributed by atoms with Crippen LogP contribution in [0, 0.1) is 0 Å². The quantitative estimate of drug-likeness (QED) is 0.887. The fourth-order valence-electron chi connectivity index (χ4n) is 3.96. The van der Waals surface area contributed by atoms with E-state index < -0.39 is 0 Å². The van der Waals surface area contributed by atoms with Gasteiger partial charge in [0.2, 0.25) is 0 Å². The summed E-state index contributed by atoms with van der Waals surface area (Å²) in [6.07, 6.45) is 6.08. The van der Waals surface area contributed by atoms with E-state index in [0.29, 0.717) is 18.7 Å². The van der Waals surface area contributed by atoms with Crippen LogP contribution >= 0.6 is 0 Å². The van der Waals surface area contributed by atoms with E-state index >= 15 is 0 Å². The van der Waals surface area contributed by atoms with Crippen molar-refractivity contribution in [1.82, 2.24) is 14.9 Å². The molecule has 0 aromatic carbocycles. The molecule has 4 heterocycles. The maximum Gasteiger partial charge on any atom is 0.150 e. The van der Waals surface area contributed by atoms with Crippen LogP contribution in [-0.2, 0) is 14.2 Å². The third kappa shape index (κ3) is 4.28. The number of hydrogen-bond donors (Lipinski definition) is 1. The minimum Gasteiger partial charge on any atom is -0.381 e. The lowest BCUT2D eigenvalue weighted by Gasteiger charge is -2.41. The Morgan fingerprint density at radius 3 is 2.52 bits per heavy atom. The van der Waals surface area contributed by atoms with Crippen molar-refractivity contribution in [1.29, 1.82) is 0 Å². The summed E-state index contributed by atoms with van der Waals surface area (Å²) < 4.78 is 16.7. The molecule has 1 unspecified atom stereocenters. The number of nitrogens with one attached hydrogen (secondary N) is 1. The van der Waals surface area contributed by atoms with E-state index in [-0.39, 0.29) is 6.04 Å². The lowest BCUT2D eigenvalue weighted by molar-refractivity contribution is -0.0591. The summed E-state index contributed by atoms with van der Waals surface area (Å²) in [6, 6.07) is 3.07. The highest BCUT2D eigenvalue weighted by Crippen LogP contribution is 2.28. The van der Waals surface area contributed by atoms with Crippen LogP contribution in [0.5, 0.6) is 0 Å². The highest BCUT2D eigenvalue weighted by molar-refractivity contribution is 5.34. The summed E-state index contributed by atoms with van der Waals surface area (Å²) in [6.45, 7) is 5.73. The Bertz CT molecular complexity index is 547. The standard InChI is InChI=1S/C18H28N4O3/c1-6-19-18(21-17(1)20-14-2-8-23-9-3-14)16-13-25-12-7-22(16)15-4-10-24-11-5-15/h1,6,14-16H,2-5,7-13H2,(H,19,20,21). The van der Waals surface area contributed by atoms with Gasteiger partial charge in [0, 0.05) is 51.3 Å². The summed E-state index contributed by atoms with van der Waals surface area (Å²) >= 11 is 0. The summed E-state index contributed by atoms with van der Waals surface area (Å²) in [5.74, 6) is 1.78. The van der Waals surface area contributed by atoms with E-state index in [9.17, 15) is 0 Å². The van der Waals surface area contributed by atoms with Crippen molar-refractivity contribution in [3.05, 3.63) is 18.1 Å². The molecule has 3 aliphatic heterocycles. The maximum atomic E-state index is 5.76. The first-order valence-electron chi connectivity index (χ1n) is 9.48. The van der Waals surface area contributed by atoms with E-state index in [1.807, 2.05) is 12.3 Å². The molecule has 3 saturated heterocycles. The van der Waals surface area contributed by atoms with Crippen LogP contribution in [0.15, 0.2) is 12.3 Å². The molecular weight excluding hydrogens is 320 g/mol. The van der Waals surface area contributed by atoms with E-state index in [1.165, 1.54) is 0 Å². The summed E-state index contributed by atoms with van der Waals surface area (Å²) in [7, 11) is 0. The lowest BCUT2D eigenvalue weighted by atomic mass is 10.0. The second-order valence-electron chi connectivity index (χ2n) is 7.00. The summed E-state index contributed by atoms with van der Waals surface area (Å²) in [4.78, 5) is 11.9. The molecule has 0 saturated carbocycles. The first-order valence-corrected chi connectivity index (χ1v) is 9.48. The minimum absolute atomic E-state index is 0.133. The Kier molecular flexibility index (Phi) is 5.76. The molecule has 0 amide bonds. The van der Waals surface area contributed by atoms with Gasteiger partial charge in [-0.3, -0.25) is 4.90 Å². The predicted molar refractivity (Wildman–Crippen MR) is 93.6 cm³/mol. The maximum absolute atomic E-state index is 5.76. The van der Waals surface area contributed by atoms with Crippen LogP contribution in [0.2, 0.25) is 0 Å². The van der Waals surface area contributed by atoms with E-state index in [4.69, 9.17) is 19.2 Å². The van der Waals surface area contributed by atoms with Crippen LogP contribution in [0.25, 0.3) is 0 Å². The molecule has 1 aromatic heterocycles. The Morgan fingerprint density at radius 2 is 1.72 bits per heavy atom. The van der Waals surface area contributed by atoms with Gasteiger partial charge in [0.1, 0.15) is 11.6 Å². The molecule has 3 fully saturated rings. The highest BCUT2D eigenvalue weighted by atomic mass is 16.5. The molecule has 1 N–H and O–H groups in total. The van der Waals surface area contributed by atoms with E-state index in [2.05, 4.69) is 15.2 Å². The van der Waals surface area contributed by atoms with Crippen molar-refractivity contribution in [3.8, 4) is 0 Å². The Labute approximate surface area is 149 Å². The molecule has 0 radical (unpaired) electrons. The van der Waals surface area contributed by atoms with Crippen molar-refractivity contribution < 1.29 is 14.2 Å². The smallest absolute Gasteiger partial charge is 0.150 e. The number of rotatable bonds is 4. The van der Waals surface area contributed by atoms with Crippen LogP contribution in [0.1, 0.15) is 37.5 Å². The molecule has 7 heteroatoms. The van der Waals surface area contributed by atoms with Crippen LogP contribution in [0.3, 0.4) is 0 Å². The molecule has 7 nitrogen and oxygen atoms in total. The second kappa shape index (κ2) is 8.40. The SMILES string of the molecule is c1cc(NC2CCOCC2)nc(C2COCCN2C2CCOCC2)n1. The van der Waals surface area contributed by atoms with Gasteiger partial charge in [0.15, 0.2) is 0 Å². The van der Waals surface area contributed by atoms with Crippen molar-refractivity contribution in [3.63, 3.8) is 0 Å². The Morgan fingerprint density at radius 1 is 0.960 bits per heavy atom. The van der Waals surface area contributed by atoms with Crippen molar-refractivity contribution in [2.75, 3.05) is 51.5 Å². The minimum atomic E-state index is 0.133. The molecular formula is C18H28N4O3. The van der Waals surface area contributed by atoms with Crippen molar-refractivity contribution >= 4 is 5.82 Å². The molecule has 1 aromatic rings. The van der Waals surface area contributed by atoms with Gasteiger partial charge in [0.25, 0.3) is 0 Å². The van der Waals surface area contributed by atoms with Gasteiger partial charge in [0.05, 0.1) is 19.3 Å². The number of anilines is 1. The van der Waals surface area contributed by atoms with Gasteiger partial charge in [-0.2, -0.15) is 0 Å². The zero-order valence-electron chi connectivity index (χ0n) is 14.7. The number of nitrogens with zero attached hydrogens (tertiary/aromatic N) is 3. The number of aromatic nitrogens is 2. The van der Waals surface area contributed by atoms with Gasteiger partial charge in [-0.05, 0) is 31.7 Å². The fourth-order valence-corrected chi connectivity index (χ4v) is 3.96. The van der Waals surface area contributed by atoms with Gasteiger partial charge >= 0.3 is 0 Å². The second-order valence-corrected chi connectivity index (χ2v) is 7.00. The molecule has 4 rings (SSSR count). The Balaban J connectivity index is 1.47. The van der Waals surface area contributed by atoms with Crippen molar-refractivity contribution in [2.24, 2.45) is 0 Å². The number of morpholine rings is 1. The largest absolute Gasteiger partial charge is 0.381 e. The third-order valence-corrected chi connectivity index (χ3v) is 5.38. The molecule has 138 valence electrons. The van der Waals surface area contributed by atoms with E-state index in [0.717, 1.165) is 76.9 Å². The zero-order valence-corrected chi connectivity index (χ0v) is 14.7. The molecule has 0 aliphatic carbocycles. The summed E-state index contributed by atoms with van der Waals surface area (Å²) in [5, 5.41) is 3.54. The number of ether oxygens (including phenoxy) is 3. The topological polar surface area (TPSA) is 68.7 Å². The van der Waals surface area contributed by atoms with Gasteiger partial charge in [-0.15, -0.1) is 0 Å². The summed E-state index contributed by atoms with van der Waals surface area (Å²) in [5.41, 5.74) is 0. The molecule has 3 aliphatic rings. The van der Waals surface area contributed by atoms with Gasteiger partial charge in [-0.25, -0.2) is 9.97 Å². The molecule has 0 spiro atoms. The Hall–Kier alpha value is -1.28. The monoisotopic (exact) mass is 348 g/mol. The average molecular weight is 348 g/mol. The van der Waals surface area contributed by atoms with Crippen LogP contribution in [-0.4, -0.2) is 73.1 Å². The van der Waals surface area contributed by atoms with E-state index in [1.54, 1.807) is 0 Å². The molecule has 25 heavy (non-hydrogen) atoms. The fraction of sp³-hybridized carbons (Fsp3) is 0.778. The first-order chi connectivity index (χ1) is 12.4. The van der Waals surface area contributed by atoms with Crippen molar-refractivity contribution in [2.45, 2.75) is 43.8 Å². The van der Waals surface area contributed by atoms with Crippen LogP contribution < -0.4 is 5.32 Å². The molecule has 0 bridgehead atoms. The van der Waals surface area contributed by atoms with Gasteiger partial charge in [-0.1, -0.05) is 0 Å². The normalized spacial score (nSPS) is 27.3. The zero-order chi connectivity index (χ0) is 16.9. The first kappa shape index (κ1) is 17.1. The third-order valence-electron chi connectivity index (χ3n) is 5.38.